The van der Waals surface area contributed by atoms with E-state index in [2.05, 4.69) is 10.3 Å². The quantitative estimate of drug-likeness (QED) is 0.686. The summed E-state index contributed by atoms with van der Waals surface area (Å²) in [6.45, 7) is 0.762. The van der Waals surface area contributed by atoms with Crippen LogP contribution in [0.5, 0.6) is 0 Å². The van der Waals surface area contributed by atoms with Crippen molar-refractivity contribution in [2.24, 2.45) is 0 Å². The number of carbonyl (C=O) groups is 1. The van der Waals surface area contributed by atoms with Gasteiger partial charge in [0, 0.05) is 24.7 Å². The number of hydrogen-bond donors (Lipinski definition) is 3. The monoisotopic (exact) mass is 232 g/mol. The third-order valence-corrected chi connectivity index (χ3v) is 2.70. The predicted octanol–water partition coefficient (Wildman–Crippen LogP) is 1.67. The van der Waals surface area contributed by atoms with E-state index in [0.717, 1.165) is 17.3 Å². The highest BCUT2D eigenvalue weighted by atomic mass is 16.2. The van der Waals surface area contributed by atoms with Gasteiger partial charge in [-0.2, -0.15) is 0 Å². The van der Waals surface area contributed by atoms with Crippen LogP contribution in [0.1, 0.15) is 23.2 Å². The molecule has 1 heterocycles. The van der Waals surface area contributed by atoms with Crippen LogP contribution in [0, 0.1) is 0 Å². The molecule has 2 aromatic rings. The summed E-state index contributed by atoms with van der Waals surface area (Å²) in [6.07, 6.45) is 3.34. The predicted molar refractivity (Wildman–Crippen MR) is 67.0 cm³/mol. The van der Waals surface area contributed by atoms with Crippen molar-refractivity contribution in [2.45, 2.75) is 12.8 Å². The van der Waals surface area contributed by atoms with Crippen LogP contribution in [0.15, 0.2) is 30.5 Å². The van der Waals surface area contributed by atoms with Crippen molar-refractivity contribution in [3.8, 4) is 0 Å². The number of H-pyrrole nitrogens is 1. The molecular weight excluding hydrogens is 216 g/mol. The summed E-state index contributed by atoms with van der Waals surface area (Å²) in [5.41, 5.74) is 1.53. The topological polar surface area (TPSA) is 65.1 Å². The zero-order valence-electron chi connectivity index (χ0n) is 9.57. The Morgan fingerprint density at radius 3 is 3.00 bits per heavy atom. The zero-order chi connectivity index (χ0) is 12.1. The van der Waals surface area contributed by atoms with Gasteiger partial charge in [-0.3, -0.25) is 4.79 Å². The van der Waals surface area contributed by atoms with E-state index < -0.39 is 0 Å². The molecule has 4 heteroatoms. The molecule has 1 aromatic heterocycles. The first-order valence-corrected chi connectivity index (χ1v) is 5.78. The molecule has 1 amide bonds. The molecule has 0 atom stereocenters. The Bertz CT molecular complexity index is 505. The van der Waals surface area contributed by atoms with Gasteiger partial charge >= 0.3 is 0 Å². The summed E-state index contributed by atoms with van der Waals surface area (Å²) in [4.78, 5) is 15.0. The molecule has 0 aliphatic heterocycles. The van der Waals surface area contributed by atoms with E-state index >= 15 is 0 Å². The van der Waals surface area contributed by atoms with Gasteiger partial charge in [0.25, 0.3) is 5.91 Å². The van der Waals surface area contributed by atoms with E-state index in [0.29, 0.717) is 18.5 Å². The number of para-hydroxylation sites is 1. The van der Waals surface area contributed by atoms with Gasteiger partial charge in [-0.25, -0.2) is 0 Å². The number of nitrogens with one attached hydrogen (secondary N) is 2. The van der Waals surface area contributed by atoms with Crippen molar-refractivity contribution in [2.75, 3.05) is 13.2 Å². The molecule has 0 aliphatic rings. The van der Waals surface area contributed by atoms with Crippen molar-refractivity contribution < 1.29 is 9.90 Å². The molecule has 90 valence electrons. The van der Waals surface area contributed by atoms with Crippen LogP contribution in [-0.4, -0.2) is 29.1 Å². The van der Waals surface area contributed by atoms with Gasteiger partial charge in [0.1, 0.15) is 0 Å². The minimum atomic E-state index is -0.0732. The summed E-state index contributed by atoms with van der Waals surface area (Å²) < 4.78 is 0. The standard InChI is InChI=1S/C13H16N2O2/c16-9-2-1-7-15-13(17)11-5-3-4-10-6-8-14-12(10)11/h3-6,8,14,16H,1-2,7,9H2,(H,15,17). The van der Waals surface area contributed by atoms with Gasteiger partial charge < -0.3 is 15.4 Å². The van der Waals surface area contributed by atoms with Crippen molar-refractivity contribution >= 4 is 16.8 Å². The number of aliphatic hydroxyl groups is 1. The van der Waals surface area contributed by atoms with Crippen molar-refractivity contribution in [1.29, 1.82) is 0 Å². The molecule has 4 nitrogen and oxygen atoms in total. The summed E-state index contributed by atoms with van der Waals surface area (Å²) >= 11 is 0. The maximum Gasteiger partial charge on any atom is 0.253 e. The summed E-state index contributed by atoms with van der Waals surface area (Å²) in [7, 11) is 0. The van der Waals surface area contributed by atoms with E-state index in [1.807, 2.05) is 24.4 Å². The number of fused-ring (bicyclic) bond motifs is 1. The number of aliphatic hydroxyl groups excluding tert-OH is 1. The van der Waals surface area contributed by atoms with E-state index in [1.165, 1.54) is 0 Å². The van der Waals surface area contributed by atoms with Crippen LogP contribution < -0.4 is 5.32 Å². The fraction of sp³-hybridized carbons (Fsp3) is 0.308. The molecule has 2 rings (SSSR count). The second kappa shape index (κ2) is 5.50. The Kier molecular flexibility index (Phi) is 3.77. The van der Waals surface area contributed by atoms with Crippen LogP contribution in [0.25, 0.3) is 10.9 Å². The van der Waals surface area contributed by atoms with Crippen molar-refractivity contribution in [3.05, 3.63) is 36.0 Å². The Morgan fingerprint density at radius 2 is 2.18 bits per heavy atom. The molecule has 0 aliphatic carbocycles. The first kappa shape index (κ1) is 11.7. The molecular formula is C13H16N2O2. The molecule has 17 heavy (non-hydrogen) atoms. The van der Waals surface area contributed by atoms with E-state index in [4.69, 9.17) is 5.11 Å². The number of aromatic nitrogens is 1. The maximum absolute atomic E-state index is 11.9. The van der Waals surface area contributed by atoms with Crippen LogP contribution in [0.3, 0.4) is 0 Å². The van der Waals surface area contributed by atoms with Gasteiger partial charge in [-0.1, -0.05) is 12.1 Å². The summed E-state index contributed by atoms with van der Waals surface area (Å²) in [5.74, 6) is -0.0732. The summed E-state index contributed by atoms with van der Waals surface area (Å²) in [5, 5.41) is 12.5. The first-order chi connectivity index (χ1) is 8.33. The molecule has 0 saturated heterocycles. The molecule has 0 radical (unpaired) electrons. The van der Waals surface area contributed by atoms with Crippen LogP contribution >= 0.6 is 0 Å². The highest BCUT2D eigenvalue weighted by Crippen LogP contribution is 2.16. The molecule has 0 spiro atoms. The lowest BCUT2D eigenvalue weighted by Gasteiger charge is -2.05. The second-order valence-corrected chi connectivity index (χ2v) is 3.93. The third kappa shape index (κ3) is 2.65. The normalized spacial score (nSPS) is 10.6. The largest absolute Gasteiger partial charge is 0.396 e. The van der Waals surface area contributed by atoms with E-state index in [9.17, 15) is 4.79 Å². The first-order valence-electron chi connectivity index (χ1n) is 5.78. The second-order valence-electron chi connectivity index (χ2n) is 3.93. The average Bonchev–Trinajstić information content (AvgIpc) is 2.82. The fourth-order valence-corrected chi connectivity index (χ4v) is 1.81. The number of aromatic amines is 1. The Morgan fingerprint density at radius 1 is 1.29 bits per heavy atom. The molecule has 1 aromatic carbocycles. The van der Waals surface area contributed by atoms with Gasteiger partial charge in [0.05, 0.1) is 11.1 Å². The SMILES string of the molecule is O=C(NCCCCO)c1cccc2cc[nH]c12. The third-order valence-electron chi connectivity index (χ3n) is 2.70. The van der Waals surface area contributed by atoms with Gasteiger partial charge in [0.15, 0.2) is 0 Å². The van der Waals surface area contributed by atoms with Gasteiger partial charge in [-0.05, 0) is 25.0 Å². The van der Waals surface area contributed by atoms with Crippen LogP contribution in [-0.2, 0) is 0 Å². The fourth-order valence-electron chi connectivity index (χ4n) is 1.81. The van der Waals surface area contributed by atoms with Crippen molar-refractivity contribution in [1.82, 2.24) is 10.3 Å². The Labute approximate surface area is 99.7 Å². The molecule has 3 N–H and O–H groups in total. The van der Waals surface area contributed by atoms with Crippen LogP contribution in [0.4, 0.5) is 0 Å². The summed E-state index contributed by atoms with van der Waals surface area (Å²) in [6, 6.07) is 7.59. The van der Waals surface area contributed by atoms with E-state index in [1.54, 1.807) is 6.07 Å². The maximum atomic E-state index is 11.9. The highest BCUT2D eigenvalue weighted by Gasteiger charge is 2.09. The number of amides is 1. The highest BCUT2D eigenvalue weighted by molar-refractivity contribution is 6.05. The molecule has 0 unspecified atom stereocenters. The average molecular weight is 232 g/mol. The number of carbonyl (C=O) groups excluding carboxylic acids is 1. The number of unbranched alkanes of at least 4 members (excludes halogenated alkanes) is 1. The minimum absolute atomic E-state index is 0.0732. The zero-order valence-corrected chi connectivity index (χ0v) is 9.57. The van der Waals surface area contributed by atoms with E-state index in [-0.39, 0.29) is 12.5 Å². The number of rotatable bonds is 5. The van der Waals surface area contributed by atoms with Crippen molar-refractivity contribution in [3.63, 3.8) is 0 Å². The Hall–Kier alpha value is -1.81. The molecule has 0 saturated carbocycles. The minimum Gasteiger partial charge on any atom is -0.396 e. The molecule has 0 bridgehead atoms. The van der Waals surface area contributed by atoms with Gasteiger partial charge in [-0.15, -0.1) is 0 Å². The lowest BCUT2D eigenvalue weighted by atomic mass is 10.1. The lowest BCUT2D eigenvalue weighted by Crippen LogP contribution is -2.24. The Balaban J connectivity index is 2.06. The number of benzene rings is 1. The smallest absolute Gasteiger partial charge is 0.253 e. The lowest BCUT2D eigenvalue weighted by molar-refractivity contribution is 0.0953. The van der Waals surface area contributed by atoms with Crippen LogP contribution in [0.2, 0.25) is 0 Å². The van der Waals surface area contributed by atoms with Gasteiger partial charge in [0.2, 0.25) is 0 Å². The number of hydrogen-bond acceptors (Lipinski definition) is 2. The molecule has 0 fully saturated rings.